The zero-order chi connectivity index (χ0) is 14.0. The summed E-state index contributed by atoms with van der Waals surface area (Å²) in [6.45, 7) is 1.93. The Morgan fingerprint density at radius 1 is 1.00 bits per heavy atom. The molecule has 2 rings (SSSR count). The minimum atomic E-state index is -0.522. The molecule has 0 aliphatic carbocycles. The van der Waals surface area contributed by atoms with E-state index in [1.807, 2.05) is 19.1 Å². The Hall–Kier alpha value is -1.22. The highest BCUT2D eigenvalue weighted by molar-refractivity contribution is 6.40. The lowest BCUT2D eigenvalue weighted by atomic mass is 10.1. The lowest BCUT2D eigenvalue weighted by Crippen LogP contribution is -2.09. The van der Waals surface area contributed by atoms with E-state index in [-0.39, 0.29) is 15.8 Å². The van der Waals surface area contributed by atoms with Crippen LogP contribution in [-0.4, -0.2) is 5.97 Å². The predicted molar refractivity (Wildman–Crippen MR) is 77.6 cm³/mol. The molecule has 0 aliphatic rings. The normalized spacial score (nSPS) is 10.3. The van der Waals surface area contributed by atoms with Gasteiger partial charge in [0.1, 0.15) is 0 Å². The lowest BCUT2D eigenvalue weighted by Gasteiger charge is -2.08. The van der Waals surface area contributed by atoms with Gasteiger partial charge in [-0.3, -0.25) is 0 Å². The Morgan fingerprint density at radius 2 is 1.53 bits per heavy atom. The van der Waals surface area contributed by atoms with Crippen LogP contribution in [0.15, 0.2) is 36.4 Å². The summed E-state index contributed by atoms with van der Waals surface area (Å²) in [5.41, 5.74) is 1.48. The second kappa shape index (κ2) is 5.83. The number of benzene rings is 2. The van der Waals surface area contributed by atoms with Crippen molar-refractivity contribution in [3.8, 4) is 5.75 Å². The molecule has 0 saturated carbocycles. The molecule has 0 aliphatic heterocycles. The van der Waals surface area contributed by atoms with Gasteiger partial charge in [0.15, 0.2) is 5.75 Å². The molecule has 0 bridgehead atoms. The van der Waals surface area contributed by atoms with Crippen LogP contribution in [0.3, 0.4) is 0 Å². The molecular weight excluding hydrogens is 307 g/mol. The Balaban J connectivity index is 2.26. The SMILES string of the molecule is Cc1ccc(C(=O)Oc2c(Cl)cc(Cl)cc2Cl)cc1. The van der Waals surface area contributed by atoms with Crippen LogP contribution in [0.1, 0.15) is 15.9 Å². The Kier molecular flexibility index (Phi) is 4.35. The molecule has 0 atom stereocenters. The molecule has 0 unspecified atom stereocenters. The number of esters is 1. The third kappa shape index (κ3) is 3.41. The largest absolute Gasteiger partial charge is 0.420 e. The van der Waals surface area contributed by atoms with Crippen LogP contribution in [0.4, 0.5) is 0 Å². The lowest BCUT2D eigenvalue weighted by molar-refractivity contribution is 0.0735. The average Bonchev–Trinajstić information content (AvgIpc) is 2.34. The van der Waals surface area contributed by atoms with E-state index in [2.05, 4.69) is 0 Å². The van der Waals surface area contributed by atoms with Crippen LogP contribution in [0, 0.1) is 6.92 Å². The highest BCUT2D eigenvalue weighted by Crippen LogP contribution is 2.36. The maximum atomic E-state index is 11.9. The van der Waals surface area contributed by atoms with Crippen molar-refractivity contribution < 1.29 is 9.53 Å². The molecule has 0 amide bonds. The van der Waals surface area contributed by atoms with Crippen LogP contribution < -0.4 is 4.74 Å². The van der Waals surface area contributed by atoms with Gasteiger partial charge in [-0.1, -0.05) is 52.5 Å². The number of halogens is 3. The first kappa shape index (κ1) is 14.2. The summed E-state index contributed by atoms with van der Waals surface area (Å²) in [6.07, 6.45) is 0. The summed E-state index contributed by atoms with van der Waals surface area (Å²) in [4.78, 5) is 11.9. The first-order chi connectivity index (χ1) is 8.97. The first-order valence-corrected chi connectivity index (χ1v) is 6.54. The first-order valence-electron chi connectivity index (χ1n) is 5.41. The zero-order valence-electron chi connectivity index (χ0n) is 9.91. The maximum Gasteiger partial charge on any atom is 0.343 e. The van der Waals surface area contributed by atoms with Crippen molar-refractivity contribution in [1.82, 2.24) is 0 Å². The van der Waals surface area contributed by atoms with Gasteiger partial charge in [0, 0.05) is 5.02 Å². The fourth-order valence-corrected chi connectivity index (χ4v) is 2.36. The van der Waals surface area contributed by atoms with Crippen LogP contribution in [0.25, 0.3) is 0 Å². The van der Waals surface area contributed by atoms with E-state index in [1.54, 1.807) is 12.1 Å². The van der Waals surface area contributed by atoms with Crippen LogP contribution in [-0.2, 0) is 0 Å². The number of carbonyl (C=O) groups is 1. The monoisotopic (exact) mass is 314 g/mol. The van der Waals surface area contributed by atoms with Crippen molar-refractivity contribution >= 4 is 40.8 Å². The summed E-state index contributed by atoms with van der Waals surface area (Å²) >= 11 is 17.7. The van der Waals surface area contributed by atoms with Crippen molar-refractivity contribution in [2.75, 3.05) is 0 Å². The summed E-state index contributed by atoms with van der Waals surface area (Å²) in [6, 6.07) is 9.92. The molecule has 98 valence electrons. The fourth-order valence-electron chi connectivity index (χ4n) is 1.47. The Labute approximate surface area is 125 Å². The van der Waals surface area contributed by atoms with Crippen molar-refractivity contribution in [2.24, 2.45) is 0 Å². The van der Waals surface area contributed by atoms with Crippen molar-refractivity contribution in [1.29, 1.82) is 0 Å². The molecule has 0 fully saturated rings. The smallest absolute Gasteiger partial charge is 0.343 e. The number of rotatable bonds is 2. The number of carbonyl (C=O) groups excluding carboxylic acids is 1. The molecule has 0 aromatic heterocycles. The molecule has 0 saturated heterocycles. The second-order valence-electron chi connectivity index (χ2n) is 3.95. The van der Waals surface area contributed by atoms with Gasteiger partial charge in [0.05, 0.1) is 15.6 Å². The van der Waals surface area contributed by atoms with E-state index in [4.69, 9.17) is 39.5 Å². The molecule has 0 spiro atoms. The molecular formula is C14H9Cl3O2. The van der Waals surface area contributed by atoms with E-state index in [9.17, 15) is 4.79 Å². The molecule has 2 aromatic rings. The number of hydrogen-bond acceptors (Lipinski definition) is 2. The maximum absolute atomic E-state index is 11.9. The molecule has 19 heavy (non-hydrogen) atoms. The summed E-state index contributed by atoms with van der Waals surface area (Å²) in [5, 5.41) is 0.765. The van der Waals surface area contributed by atoms with Gasteiger partial charge in [0.2, 0.25) is 0 Å². The third-order valence-electron chi connectivity index (χ3n) is 2.45. The Bertz CT molecular complexity index is 598. The average molecular weight is 316 g/mol. The van der Waals surface area contributed by atoms with E-state index in [0.717, 1.165) is 5.56 Å². The summed E-state index contributed by atoms with van der Waals surface area (Å²) in [7, 11) is 0. The minimum absolute atomic E-state index is 0.110. The number of hydrogen-bond donors (Lipinski definition) is 0. The van der Waals surface area contributed by atoms with E-state index in [0.29, 0.717) is 10.6 Å². The van der Waals surface area contributed by atoms with E-state index < -0.39 is 5.97 Å². The Morgan fingerprint density at radius 3 is 2.05 bits per heavy atom. The molecule has 5 heteroatoms. The zero-order valence-corrected chi connectivity index (χ0v) is 12.2. The quantitative estimate of drug-likeness (QED) is 0.564. The van der Waals surface area contributed by atoms with Gasteiger partial charge in [-0.05, 0) is 31.2 Å². The third-order valence-corrected chi connectivity index (χ3v) is 3.22. The standard InChI is InChI=1S/C14H9Cl3O2/c1-8-2-4-9(5-3-8)14(18)19-13-11(16)6-10(15)7-12(13)17/h2-7H,1H3. The fraction of sp³-hybridized carbons (Fsp3) is 0.0714. The summed E-state index contributed by atoms with van der Waals surface area (Å²) < 4.78 is 5.20. The summed E-state index contributed by atoms with van der Waals surface area (Å²) in [5.74, 6) is -0.413. The van der Waals surface area contributed by atoms with Crippen LogP contribution >= 0.6 is 34.8 Å². The van der Waals surface area contributed by atoms with Gasteiger partial charge >= 0.3 is 5.97 Å². The number of aryl methyl sites for hydroxylation is 1. The molecule has 2 nitrogen and oxygen atoms in total. The molecule has 2 aromatic carbocycles. The van der Waals surface area contributed by atoms with Gasteiger partial charge in [-0.25, -0.2) is 4.79 Å². The van der Waals surface area contributed by atoms with Crippen molar-refractivity contribution in [3.05, 3.63) is 62.6 Å². The van der Waals surface area contributed by atoms with Gasteiger partial charge in [-0.15, -0.1) is 0 Å². The van der Waals surface area contributed by atoms with E-state index in [1.165, 1.54) is 12.1 Å². The second-order valence-corrected chi connectivity index (χ2v) is 5.20. The topological polar surface area (TPSA) is 26.3 Å². The van der Waals surface area contributed by atoms with Crippen LogP contribution in [0.5, 0.6) is 5.75 Å². The molecule has 0 N–H and O–H groups in total. The van der Waals surface area contributed by atoms with E-state index >= 15 is 0 Å². The van der Waals surface area contributed by atoms with Crippen molar-refractivity contribution in [3.63, 3.8) is 0 Å². The minimum Gasteiger partial charge on any atom is -0.420 e. The molecule has 0 heterocycles. The van der Waals surface area contributed by atoms with Crippen molar-refractivity contribution in [2.45, 2.75) is 6.92 Å². The van der Waals surface area contributed by atoms with Gasteiger partial charge < -0.3 is 4.74 Å². The van der Waals surface area contributed by atoms with Gasteiger partial charge in [0.25, 0.3) is 0 Å². The highest BCUT2D eigenvalue weighted by Gasteiger charge is 2.15. The highest BCUT2D eigenvalue weighted by atomic mass is 35.5. The molecule has 0 radical (unpaired) electrons. The van der Waals surface area contributed by atoms with Gasteiger partial charge in [-0.2, -0.15) is 0 Å². The van der Waals surface area contributed by atoms with Crippen LogP contribution in [0.2, 0.25) is 15.1 Å². The predicted octanol–water partition coefficient (Wildman–Crippen LogP) is 5.17. The number of ether oxygens (including phenoxy) is 1.